The first kappa shape index (κ1) is 12.8. The lowest BCUT2D eigenvalue weighted by Crippen LogP contribution is -2.30. The van der Waals surface area contributed by atoms with Crippen molar-refractivity contribution in [2.45, 2.75) is 25.8 Å². The fraction of sp³-hybridized carbons (Fsp3) is 0.312. The van der Waals surface area contributed by atoms with Crippen molar-refractivity contribution < 1.29 is 13.6 Å². The van der Waals surface area contributed by atoms with Gasteiger partial charge in [0.1, 0.15) is 17.8 Å². The highest BCUT2D eigenvalue weighted by molar-refractivity contribution is 5.78. The number of carbonyl (C=O) groups excluding carboxylic acids is 1. The second-order valence-corrected chi connectivity index (χ2v) is 4.98. The molecule has 2 aromatic rings. The maximum atomic E-state index is 12.0. The summed E-state index contributed by atoms with van der Waals surface area (Å²) in [6, 6.07) is 5.61. The number of amides is 1. The Kier molecular flexibility index (Phi) is 3.72. The van der Waals surface area contributed by atoms with Crippen molar-refractivity contribution in [2.24, 2.45) is 5.92 Å². The number of hydrogen-bond acceptors (Lipinski definition) is 3. The Morgan fingerprint density at radius 2 is 2.25 bits per heavy atom. The van der Waals surface area contributed by atoms with E-state index in [0.29, 0.717) is 6.54 Å². The van der Waals surface area contributed by atoms with Crippen molar-refractivity contribution in [2.75, 3.05) is 0 Å². The molecule has 0 bridgehead atoms. The van der Waals surface area contributed by atoms with E-state index in [1.807, 2.05) is 18.2 Å². The lowest BCUT2D eigenvalue weighted by molar-refractivity contribution is -0.125. The van der Waals surface area contributed by atoms with Crippen LogP contribution in [0.3, 0.4) is 0 Å². The molecule has 0 radical (unpaired) electrons. The van der Waals surface area contributed by atoms with Crippen LogP contribution in [-0.4, -0.2) is 5.91 Å². The van der Waals surface area contributed by atoms with E-state index in [1.54, 1.807) is 12.5 Å². The Bertz CT molecular complexity index is 595. The van der Waals surface area contributed by atoms with E-state index in [1.165, 1.54) is 0 Å². The van der Waals surface area contributed by atoms with Crippen LogP contribution in [0.4, 0.5) is 0 Å². The number of allylic oxidation sites excluding steroid dienone is 2. The highest BCUT2D eigenvalue weighted by Gasteiger charge is 2.18. The van der Waals surface area contributed by atoms with Crippen LogP contribution in [-0.2, 0) is 11.3 Å². The maximum absolute atomic E-state index is 12.0. The summed E-state index contributed by atoms with van der Waals surface area (Å²) in [6.07, 6.45) is 10.2. The zero-order valence-corrected chi connectivity index (χ0v) is 11.2. The third-order valence-electron chi connectivity index (χ3n) is 3.54. The van der Waals surface area contributed by atoms with Gasteiger partial charge in [0.15, 0.2) is 0 Å². The summed E-state index contributed by atoms with van der Waals surface area (Å²) in [7, 11) is 0. The van der Waals surface area contributed by atoms with Crippen molar-refractivity contribution in [1.82, 2.24) is 5.32 Å². The van der Waals surface area contributed by atoms with Crippen molar-refractivity contribution in [3.05, 3.63) is 48.6 Å². The molecule has 2 aromatic heterocycles. The van der Waals surface area contributed by atoms with E-state index < -0.39 is 0 Å². The van der Waals surface area contributed by atoms with Gasteiger partial charge in [-0.1, -0.05) is 12.2 Å². The Morgan fingerprint density at radius 1 is 1.30 bits per heavy atom. The molecule has 0 aromatic carbocycles. The van der Waals surface area contributed by atoms with Crippen molar-refractivity contribution >= 4 is 5.91 Å². The first-order valence-electron chi connectivity index (χ1n) is 6.87. The van der Waals surface area contributed by atoms with E-state index in [4.69, 9.17) is 8.83 Å². The molecule has 1 amide bonds. The third kappa shape index (κ3) is 2.85. The van der Waals surface area contributed by atoms with Crippen LogP contribution in [0, 0.1) is 5.92 Å². The van der Waals surface area contributed by atoms with Gasteiger partial charge < -0.3 is 14.2 Å². The Hall–Kier alpha value is -2.23. The monoisotopic (exact) mass is 271 g/mol. The Morgan fingerprint density at radius 3 is 3.00 bits per heavy atom. The molecule has 20 heavy (non-hydrogen) atoms. The third-order valence-corrected chi connectivity index (χ3v) is 3.54. The average molecular weight is 271 g/mol. The highest BCUT2D eigenvalue weighted by atomic mass is 16.3. The summed E-state index contributed by atoms with van der Waals surface area (Å²) in [6.45, 7) is 0.427. The molecule has 4 nitrogen and oxygen atoms in total. The number of furan rings is 2. The van der Waals surface area contributed by atoms with Gasteiger partial charge in [-0.25, -0.2) is 0 Å². The van der Waals surface area contributed by atoms with Crippen molar-refractivity contribution in [3.8, 4) is 11.3 Å². The molecule has 1 N–H and O–H groups in total. The molecule has 0 fully saturated rings. The quantitative estimate of drug-likeness (QED) is 0.866. The van der Waals surface area contributed by atoms with Crippen LogP contribution >= 0.6 is 0 Å². The zero-order valence-electron chi connectivity index (χ0n) is 11.2. The van der Waals surface area contributed by atoms with Gasteiger partial charge in [0.05, 0.1) is 18.4 Å². The summed E-state index contributed by atoms with van der Waals surface area (Å²) >= 11 is 0. The molecule has 1 aliphatic rings. The lowest BCUT2D eigenvalue weighted by Gasteiger charge is -2.16. The molecular formula is C16H17NO3. The van der Waals surface area contributed by atoms with Gasteiger partial charge >= 0.3 is 0 Å². The predicted octanol–water partition coefficient (Wildman–Crippen LogP) is 3.51. The second-order valence-electron chi connectivity index (χ2n) is 4.98. The van der Waals surface area contributed by atoms with Crippen LogP contribution in [0.1, 0.15) is 25.0 Å². The van der Waals surface area contributed by atoms with E-state index in [9.17, 15) is 4.79 Å². The van der Waals surface area contributed by atoms with Gasteiger partial charge in [-0.15, -0.1) is 0 Å². The molecule has 0 saturated carbocycles. The molecule has 0 unspecified atom stereocenters. The van der Waals surface area contributed by atoms with Gasteiger partial charge in [0.2, 0.25) is 5.91 Å². The summed E-state index contributed by atoms with van der Waals surface area (Å²) in [5.74, 6) is 1.71. The normalized spacial score (nSPS) is 18.1. The molecular weight excluding hydrogens is 254 g/mol. The fourth-order valence-electron chi connectivity index (χ4n) is 2.38. The van der Waals surface area contributed by atoms with E-state index in [-0.39, 0.29) is 11.8 Å². The van der Waals surface area contributed by atoms with Gasteiger partial charge in [-0.05, 0) is 37.5 Å². The molecule has 4 heteroatoms. The fourth-order valence-corrected chi connectivity index (χ4v) is 2.38. The summed E-state index contributed by atoms with van der Waals surface area (Å²) < 4.78 is 10.7. The number of rotatable bonds is 4. The van der Waals surface area contributed by atoms with Crippen LogP contribution < -0.4 is 5.32 Å². The standard InChI is InChI=1S/C16H17NO3/c18-16(12-4-2-1-3-5-12)17-10-14-6-7-15(20-14)13-8-9-19-11-13/h1-2,6-9,11-12H,3-5,10H2,(H,17,18)/t12-/m1/s1. The minimum absolute atomic E-state index is 0.100. The molecule has 104 valence electrons. The summed E-state index contributed by atoms with van der Waals surface area (Å²) in [5.41, 5.74) is 0.903. The molecule has 0 aliphatic heterocycles. The topological polar surface area (TPSA) is 55.4 Å². The van der Waals surface area contributed by atoms with E-state index in [2.05, 4.69) is 17.5 Å². The second kappa shape index (κ2) is 5.82. The molecule has 1 atom stereocenters. The Labute approximate surface area is 117 Å². The molecule has 1 aliphatic carbocycles. The van der Waals surface area contributed by atoms with E-state index >= 15 is 0 Å². The maximum Gasteiger partial charge on any atom is 0.223 e. The smallest absolute Gasteiger partial charge is 0.223 e. The van der Waals surface area contributed by atoms with Crippen LogP contribution in [0.2, 0.25) is 0 Å². The van der Waals surface area contributed by atoms with E-state index in [0.717, 1.165) is 36.3 Å². The average Bonchev–Trinajstić information content (AvgIpc) is 3.16. The minimum atomic E-state index is 0.100. The molecule has 0 spiro atoms. The number of nitrogens with one attached hydrogen (secondary N) is 1. The summed E-state index contributed by atoms with van der Waals surface area (Å²) in [4.78, 5) is 12.0. The number of carbonyl (C=O) groups is 1. The van der Waals surface area contributed by atoms with Gasteiger partial charge in [-0.3, -0.25) is 4.79 Å². The van der Waals surface area contributed by atoms with Gasteiger partial charge in [0.25, 0.3) is 0 Å². The van der Waals surface area contributed by atoms with Crippen LogP contribution in [0.25, 0.3) is 11.3 Å². The van der Waals surface area contributed by atoms with Crippen LogP contribution in [0.15, 0.2) is 51.7 Å². The minimum Gasteiger partial charge on any atom is -0.472 e. The predicted molar refractivity (Wildman–Crippen MR) is 74.7 cm³/mol. The summed E-state index contributed by atoms with van der Waals surface area (Å²) in [5, 5.41) is 2.94. The largest absolute Gasteiger partial charge is 0.472 e. The van der Waals surface area contributed by atoms with Gasteiger partial charge in [-0.2, -0.15) is 0 Å². The SMILES string of the molecule is O=C(NCc1ccc(-c2ccoc2)o1)[C@@H]1CC=CCC1. The van der Waals surface area contributed by atoms with Crippen LogP contribution in [0.5, 0.6) is 0 Å². The lowest BCUT2D eigenvalue weighted by atomic mass is 9.94. The first-order chi connectivity index (χ1) is 9.83. The molecule has 2 heterocycles. The highest BCUT2D eigenvalue weighted by Crippen LogP contribution is 2.23. The molecule has 3 rings (SSSR count). The van der Waals surface area contributed by atoms with Gasteiger partial charge in [0, 0.05) is 5.92 Å². The first-order valence-corrected chi connectivity index (χ1v) is 6.87. The zero-order chi connectivity index (χ0) is 13.8. The molecule has 0 saturated heterocycles. The number of hydrogen-bond donors (Lipinski definition) is 1. The Balaban J connectivity index is 1.56. The van der Waals surface area contributed by atoms with Crippen molar-refractivity contribution in [3.63, 3.8) is 0 Å². The van der Waals surface area contributed by atoms with Crippen molar-refractivity contribution in [1.29, 1.82) is 0 Å².